The van der Waals surface area contributed by atoms with Crippen LogP contribution in [0.25, 0.3) is 0 Å². The van der Waals surface area contributed by atoms with E-state index >= 15 is 0 Å². The number of piperidine rings is 1. The minimum atomic E-state index is -3.99. The molecular weight excluding hydrogens is 501 g/mol. The number of amides is 1. The van der Waals surface area contributed by atoms with Crippen LogP contribution >= 0.6 is 23.2 Å². The smallest absolute Gasteiger partial charge is 0.322 e. The van der Waals surface area contributed by atoms with Crippen molar-refractivity contribution in [2.75, 3.05) is 5.32 Å². The third-order valence-electron chi connectivity index (χ3n) is 5.82. The van der Waals surface area contributed by atoms with Gasteiger partial charge in [-0.2, -0.15) is 17.4 Å². The van der Waals surface area contributed by atoms with Gasteiger partial charge < -0.3 is 10.4 Å². The first kappa shape index (κ1) is 26.4. The number of halogens is 2. The number of anilines is 1. The average molecular weight is 528 g/mol. The summed E-state index contributed by atoms with van der Waals surface area (Å²) in [6.07, 6.45) is 2.34. The predicted octanol–water partition coefficient (Wildman–Crippen LogP) is 4.34. The Bertz CT molecular complexity index is 1130. The molecule has 1 heterocycles. The summed E-state index contributed by atoms with van der Waals surface area (Å²) >= 11 is 12.1. The third kappa shape index (κ3) is 6.28. The number of benzene rings is 2. The number of hydrogen-bond donors (Lipinski definition) is 3. The lowest BCUT2D eigenvalue weighted by molar-refractivity contribution is -0.139. The highest BCUT2D eigenvalue weighted by Crippen LogP contribution is 2.26. The SMILES string of the molecule is CC1CCCC(C)N1S(=O)(=O)NC(Cc1ccc(NC(=O)c2c(Cl)cccc2Cl)cc1)C(=O)O. The second kappa shape index (κ2) is 11.0. The van der Waals surface area contributed by atoms with Gasteiger partial charge in [0.05, 0.1) is 15.6 Å². The number of carboxylic acid groups (broad SMARTS) is 1. The van der Waals surface area contributed by atoms with E-state index in [0.717, 1.165) is 19.3 Å². The minimum Gasteiger partial charge on any atom is -0.480 e. The van der Waals surface area contributed by atoms with Gasteiger partial charge in [-0.3, -0.25) is 9.59 Å². The molecular formula is C23H27Cl2N3O5S. The van der Waals surface area contributed by atoms with Gasteiger partial charge in [0, 0.05) is 17.8 Å². The Balaban J connectivity index is 1.70. The number of nitrogens with zero attached hydrogens (tertiary/aromatic N) is 1. The average Bonchev–Trinajstić information content (AvgIpc) is 2.74. The lowest BCUT2D eigenvalue weighted by atomic mass is 10.0. The second-order valence-corrected chi connectivity index (χ2v) is 10.8. The normalized spacial score (nSPS) is 20.0. The molecule has 1 fully saturated rings. The van der Waals surface area contributed by atoms with Crippen LogP contribution in [-0.4, -0.2) is 47.8 Å². The molecule has 0 saturated carbocycles. The van der Waals surface area contributed by atoms with Crippen molar-refractivity contribution in [2.45, 2.75) is 57.7 Å². The van der Waals surface area contributed by atoms with Crippen molar-refractivity contribution < 1.29 is 23.1 Å². The highest BCUT2D eigenvalue weighted by molar-refractivity contribution is 7.87. The number of carbonyl (C=O) groups is 2. The summed E-state index contributed by atoms with van der Waals surface area (Å²) in [5.41, 5.74) is 1.19. The quantitative estimate of drug-likeness (QED) is 0.472. The third-order valence-corrected chi connectivity index (χ3v) is 8.31. The fourth-order valence-corrected chi connectivity index (χ4v) is 6.55. The fourth-order valence-electron chi connectivity index (χ4n) is 4.16. The van der Waals surface area contributed by atoms with Crippen molar-refractivity contribution in [3.8, 4) is 0 Å². The zero-order valence-corrected chi connectivity index (χ0v) is 21.1. The van der Waals surface area contributed by atoms with E-state index in [1.807, 2.05) is 13.8 Å². The maximum absolute atomic E-state index is 13.0. The zero-order valence-electron chi connectivity index (χ0n) is 18.8. The molecule has 0 aromatic heterocycles. The maximum Gasteiger partial charge on any atom is 0.322 e. The molecule has 3 N–H and O–H groups in total. The van der Waals surface area contributed by atoms with Crippen LogP contribution in [0.3, 0.4) is 0 Å². The standard InChI is InChI=1S/C23H27Cl2N3O5S/c1-14-5-3-6-15(2)28(14)34(32,33)27-20(23(30)31)13-16-9-11-17(12-10-16)26-22(29)21-18(24)7-4-8-19(21)25/h4,7-12,14-15,20,27H,3,5-6,13H2,1-2H3,(H,26,29)(H,30,31). The van der Waals surface area contributed by atoms with Gasteiger partial charge in [-0.15, -0.1) is 0 Å². The molecule has 1 amide bonds. The van der Waals surface area contributed by atoms with E-state index in [0.29, 0.717) is 11.3 Å². The topological polar surface area (TPSA) is 116 Å². The number of rotatable bonds is 8. The van der Waals surface area contributed by atoms with Crippen molar-refractivity contribution in [1.29, 1.82) is 0 Å². The largest absolute Gasteiger partial charge is 0.480 e. The van der Waals surface area contributed by atoms with Crippen LogP contribution in [0.2, 0.25) is 10.0 Å². The van der Waals surface area contributed by atoms with Crippen molar-refractivity contribution in [2.24, 2.45) is 0 Å². The van der Waals surface area contributed by atoms with Gasteiger partial charge in [0.2, 0.25) is 0 Å². The number of hydrogen-bond acceptors (Lipinski definition) is 4. The molecule has 34 heavy (non-hydrogen) atoms. The van der Waals surface area contributed by atoms with E-state index < -0.39 is 28.1 Å². The van der Waals surface area contributed by atoms with Gasteiger partial charge in [-0.1, -0.05) is 47.8 Å². The van der Waals surface area contributed by atoms with Crippen LogP contribution in [0.5, 0.6) is 0 Å². The van der Waals surface area contributed by atoms with E-state index in [9.17, 15) is 23.1 Å². The van der Waals surface area contributed by atoms with Crippen LogP contribution in [0.15, 0.2) is 42.5 Å². The summed E-state index contributed by atoms with van der Waals surface area (Å²) in [5.74, 6) is -1.75. The Morgan fingerprint density at radius 2 is 1.62 bits per heavy atom. The van der Waals surface area contributed by atoms with E-state index in [2.05, 4.69) is 10.0 Å². The lowest BCUT2D eigenvalue weighted by Gasteiger charge is -2.38. The Morgan fingerprint density at radius 3 is 2.15 bits per heavy atom. The summed E-state index contributed by atoms with van der Waals surface area (Å²) in [5, 5.41) is 12.8. The highest BCUT2D eigenvalue weighted by atomic mass is 35.5. The van der Waals surface area contributed by atoms with Crippen molar-refractivity contribution in [3.63, 3.8) is 0 Å². The predicted molar refractivity (Wildman–Crippen MR) is 133 cm³/mol. The molecule has 2 aromatic rings. The minimum absolute atomic E-state index is 0.0598. The second-order valence-electron chi connectivity index (χ2n) is 8.42. The van der Waals surface area contributed by atoms with Crippen molar-refractivity contribution in [3.05, 3.63) is 63.6 Å². The lowest BCUT2D eigenvalue weighted by Crippen LogP contribution is -2.55. The molecule has 0 bridgehead atoms. The molecule has 11 heteroatoms. The molecule has 1 aliphatic heterocycles. The van der Waals surface area contributed by atoms with Gasteiger partial charge >= 0.3 is 5.97 Å². The zero-order chi connectivity index (χ0) is 25.0. The Morgan fingerprint density at radius 1 is 1.06 bits per heavy atom. The van der Waals surface area contributed by atoms with Crippen LogP contribution in [0.1, 0.15) is 49.0 Å². The Kier molecular flexibility index (Phi) is 8.59. The van der Waals surface area contributed by atoms with E-state index in [1.54, 1.807) is 42.5 Å². The van der Waals surface area contributed by atoms with E-state index in [1.165, 1.54) is 4.31 Å². The van der Waals surface area contributed by atoms with Crippen LogP contribution < -0.4 is 10.0 Å². The van der Waals surface area contributed by atoms with Crippen LogP contribution in [0, 0.1) is 0 Å². The molecule has 0 spiro atoms. The fraction of sp³-hybridized carbons (Fsp3) is 0.391. The first-order valence-corrected chi connectivity index (χ1v) is 13.1. The first-order chi connectivity index (χ1) is 16.0. The molecule has 2 aromatic carbocycles. The molecule has 8 nitrogen and oxygen atoms in total. The summed E-state index contributed by atoms with van der Waals surface area (Å²) in [6, 6.07) is 9.45. The molecule has 1 saturated heterocycles. The van der Waals surface area contributed by atoms with E-state index in [-0.39, 0.29) is 34.1 Å². The Labute approximate surface area is 209 Å². The van der Waals surface area contributed by atoms with Crippen molar-refractivity contribution in [1.82, 2.24) is 9.03 Å². The van der Waals surface area contributed by atoms with Crippen LogP contribution in [-0.2, 0) is 21.4 Å². The molecule has 184 valence electrons. The molecule has 0 aliphatic carbocycles. The summed E-state index contributed by atoms with van der Waals surface area (Å²) < 4.78 is 29.6. The summed E-state index contributed by atoms with van der Waals surface area (Å²) in [6.45, 7) is 3.65. The number of nitrogens with one attached hydrogen (secondary N) is 2. The van der Waals surface area contributed by atoms with Gasteiger partial charge in [-0.25, -0.2) is 0 Å². The first-order valence-electron chi connectivity index (χ1n) is 10.9. The molecule has 3 unspecified atom stereocenters. The summed E-state index contributed by atoms with van der Waals surface area (Å²) in [4.78, 5) is 24.4. The highest BCUT2D eigenvalue weighted by Gasteiger charge is 2.37. The summed E-state index contributed by atoms with van der Waals surface area (Å²) in [7, 11) is -3.99. The molecule has 3 atom stereocenters. The molecule has 3 rings (SSSR count). The van der Waals surface area contributed by atoms with Gasteiger partial charge in [-0.05, 0) is 62.9 Å². The molecule has 1 aliphatic rings. The van der Waals surface area contributed by atoms with Gasteiger partial charge in [0.1, 0.15) is 6.04 Å². The van der Waals surface area contributed by atoms with E-state index in [4.69, 9.17) is 23.2 Å². The van der Waals surface area contributed by atoms with Gasteiger partial charge in [0.25, 0.3) is 16.1 Å². The number of carboxylic acids is 1. The van der Waals surface area contributed by atoms with Crippen LogP contribution in [0.4, 0.5) is 5.69 Å². The van der Waals surface area contributed by atoms with Crippen molar-refractivity contribution >= 4 is 51.0 Å². The Hall–Kier alpha value is -2.17. The monoisotopic (exact) mass is 527 g/mol. The maximum atomic E-state index is 13.0. The number of carbonyl (C=O) groups excluding carboxylic acids is 1. The number of aliphatic carboxylic acids is 1. The van der Waals surface area contributed by atoms with Gasteiger partial charge in [0.15, 0.2) is 0 Å². The molecule has 0 radical (unpaired) electrons.